The number of nitro groups is 1. The molecule has 17 heteroatoms. The molecule has 3 atom stereocenters. The van der Waals surface area contributed by atoms with Crippen molar-refractivity contribution < 1.29 is 52.6 Å². The lowest BCUT2D eigenvalue weighted by Crippen LogP contribution is -2.62. The molecule has 2 aromatic carbocycles. The van der Waals surface area contributed by atoms with Crippen LogP contribution in [-0.2, 0) is 30.3 Å². The maximum atomic E-state index is 14.1. The molecule has 0 bridgehead atoms. The van der Waals surface area contributed by atoms with Gasteiger partial charge in [0.15, 0.2) is 0 Å². The maximum Gasteiger partial charge on any atom is 0.415 e. The lowest BCUT2D eigenvalue weighted by atomic mass is 10.1. The van der Waals surface area contributed by atoms with Crippen LogP contribution in [0.5, 0.6) is 5.75 Å². The predicted molar refractivity (Wildman–Crippen MR) is 188 cm³/mol. The van der Waals surface area contributed by atoms with Crippen LogP contribution in [0.4, 0.5) is 24.9 Å². The number of hydrogen-bond acceptors (Lipinski definition) is 12. The number of non-ortho nitro benzene ring substituents is 1. The molecule has 2 fully saturated rings. The zero-order valence-electron chi connectivity index (χ0n) is 31.0. The van der Waals surface area contributed by atoms with E-state index in [2.05, 4.69) is 0 Å². The van der Waals surface area contributed by atoms with Crippen molar-refractivity contribution in [2.45, 2.75) is 83.9 Å². The summed E-state index contributed by atoms with van der Waals surface area (Å²) in [6.07, 6.45) is -3.15. The number of amides is 4. The lowest BCUT2D eigenvalue weighted by Gasteiger charge is -2.44. The summed E-state index contributed by atoms with van der Waals surface area (Å²) in [7, 11) is 1.18. The third-order valence-corrected chi connectivity index (χ3v) is 8.29. The fraction of sp³-hybridized carbons (Fsp3) is 0.528. The van der Waals surface area contributed by atoms with Gasteiger partial charge >= 0.3 is 30.3 Å². The second-order valence-corrected chi connectivity index (χ2v) is 14.6. The molecule has 17 nitrogen and oxygen atoms in total. The van der Waals surface area contributed by atoms with Gasteiger partial charge in [-0.2, -0.15) is 0 Å². The number of likely N-dealkylation sites (tertiary alicyclic amines) is 1. The summed E-state index contributed by atoms with van der Waals surface area (Å²) in [4.78, 5) is 83.2. The molecule has 0 spiro atoms. The summed E-state index contributed by atoms with van der Waals surface area (Å²) in [6.45, 7) is 9.90. The normalized spacial score (nSPS) is 18.8. The van der Waals surface area contributed by atoms with Crippen molar-refractivity contribution in [3.63, 3.8) is 0 Å². The first-order valence-electron chi connectivity index (χ1n) is 17.1. The largest absolute Gasteiger partial charge is 0.467 e. The van der Waals surface area contributed by atoms with Crippen LogP contribution < -0.4 is 4.74 Å². The molecule has 4 amide bonds. The first-order chi connectivity index (χ1) is 24.8. The fourth-order valence-electron chi connectivity index (χ4n) is 5.86. The van der Waals surface area contributed by atoms with E-state index in [4.69, 9.17) is 23.7 Å². The molecule has 0 aliphatic carbocycles. The van der Waals surface area contributed by atoms with Crippen LogP contribution in [0.15, 0.2) is 54.6 Å². The second kappa shape index (κ2) is 16.8. The van der Waals surface area contributed by atoms with Gasteiger partial charge in [-0.3, -0.25) is 19.9 Å². The Balaban J connectivity index is 1.68. The number of carbonyl (C=O) groups excluding carboxylic acids is 5. The molecule has 0 unspecified atom stereocenters. The molecule has 2 heterocycles. The SMILES string of the molecule is COC(=O)[C@@H]1C[C@H](N(C[C@@H]2CN(C(=O)OC(C)(C)C)CCN2C(=O)OC(C)(C)C)C(=O)Oc2ccc([N+](=O)[O-])cc2)CN1C(=O)OCc1ccccc1. The number of benzene rings is 2. The molecule has 0 saturated carbocycles. The van der Waals surface area contributed by atoms with Crippen molar-refractivity contribution >= 4 is 36.0 Å². The van der Waals surface area contributed by atoms with E-state index in [1.54, 1.807) is 65.8 Å². The average molecular weight is 742 g/mol. The monoisotopic (exact) mass is 741 g/mol. The lowest BCUT2D eigenvalue weighted by molar-refractivity contribution is -0.384. The molecule has 2 aliphatic rings. The molecule has 4 rings (SSSR count). The Labute approximate surface area is 307 Å². The van der Waals surface area contributed by atoms with Crippen molar-refractivity contribution in [1.29, 1.82) is 0 Å². The second-order valence-electron chi connectivity index (χ2n) is 14.6. The Kier molecular flexibility index (Phi) is 12.7. The molecule has 0 aromatic heterocycles. The van der Waals surface area contributed by atoms with E-state index >= 15 is 0 Å². The van der Waals surface area contributed by atoms with Crippen molar-refractivity contribution in [1.82, 2.24) is 19.6 Å². The third-order valence-electron chi connectivity index (χ3n) is 8.29. The molecule has 0 N–H and O–H groups in total. The van der Waals surface area contributed by atoms with E-state index in [9.17, 15) is 34.1 Å². The van der Waals surface area contributed by atoms with Gasteiger partial charge in [-0.25, -0.2) is 24.0 Å². The Morgan fingerprint density at radius 1 is 0.830 bits per heavy atom. The molecule has 2 saturated heterocycles. The maximum absolute atomic E-state index is 14.1. The quantitative estimate of drug-likeness (QED) is 0.149. The number of rotatable bonds is 8. The number of methoxy groups -OCH3 is 1. The van der Waals surface area contributed by atoms with Crippen LogP contribution in [0.3, 0.4) is 0 Å². The van der Waals surface area contributed by atoms with Crippen molar-refractivity contribution in [3.05, 3.63) is 70.3 Å². The molecule has 2 aromatic rings. The summed E-state index contributed by atoms with van der Waals surface area (Å²) in [5.74, 6) is -0.757. The highest BCUT2D eigenvalue weighted by Gasteiger charge is 2.47. The van der Waals surface area contributed by atoms with E-state index in [1.165, 1.54) is 51.0 Å². The standard InChI is InChI=1S/C36H47N5O12/c1-35(2,3)52-31(43)37-17-18-38(34(46)53-36(4,5)6)27(20-37)22-39(33(45)51-28-15-13-25(14-16-28)41(47)48)26-19-29(30(42)49-7)40(21-26)32(44)50-23-24-11-9-8-10-12-24/h8-16,26-27,29H,17-23H2,1-7H3/t26-,27-,29-/m0/s1. The van der Waals surface area contributed by atoms with E-state index in [1.807, 2.05) is 6.07 Å². The minimum Gasteiger partial charge on any atom is -0.467 e. The number of esters is 1. The molecular weight excluding hydrogens is 694 g/mol. The van der Waals surface area contributed by atoms with E-state index in [0.717, 1.165) is 0 Å². The predicted octanol–water partition coefficient (Wildman–Crippen LogP) is 5.20. The van der Waals surface area contributed by atoms with Crippen molar-refractivity contribution in [2.75, 3.05) is 39.8 Å². The van der Waals surface area contributed by atoms with Crippen LogP contribution in [0.2, 0.25) is 0 Å². The molecule has 53 heavy (non-hydrogen) atoms. The van der Waals surface area contributed by atoms with Gasteiger partial charge in [0.1, 0.15) is 29.6 Å². The minimum absolute atomic E-state index is 0.0183. The van der Waals surface area contributed by atoms with Gasteiger partial charge in [-0.05, 0) is 59.2 Å². The first-order valence-corrected chi connectivity index (χ1v) is 17.1. The molecular formula is C36H47N5O12. The smallest absolute Gasteiger partial charge is 0.415 e. The Bertz CT molecular complexity index is 1640. The van der Waals surface area contributed by atoms with Gasteiger partial charge in [0, 0.05) is 51.3 Å². The Morgan fingerprint density at radius 3 is 2.04 bits per heavy atom. The number of nitro benzene ring substituents is 1. The van der Waals surface area contributed by atoms with Gasteiger partial charge in [-0.15, -0.1) is 0 Å². The van der Waals surface area contributed by atoms with Crippen LogP contribution in [-0.4, -0.2) is 124 Å². The number of carbonyl (C=O) groups is 5. The highest BCUT2D eigenvalue weighted by Crippen LogP contribution is 2.28. The van der Waals surface area contributed by atoms with Crippen LogP contribution in [0.25, 0.3) is 0 Å². The number of piperazine rings is 1. The van der Waals surface area contributed by atoms with Crippen LogP contribution in [0, 0.1) is 10.1 Å². The summed E-state index contributed by atoms with van der Waals surface area (Å²) >= 11 is 0. The topological polar surface area (TPSA) is 188 Å². The van der Waals surface area contributed by atoms with E-state index in [0.29, 0.717) is 5.56 Å². The third kappa shape index (κ3) is 11.2. The minimum atomic E-state index is -1.14. The summed E-state index contributed by atoms with van der Waals surface area (Å²) < 4.78 is 27.5. The van der Waals surface area contributed by atoms with Crippen LogP contribution >= 0.6 is 0 Å². The molecule has 288 valence electrons. The highest BCUT2D eigenvalue weighted by molar-refractivity contribution is 5.83. The van der Waals surface area contributed by atoms with Crippen molar-refractivity contribution in [3.8, 4) is 5.75 Å². The zero-order valence-corrected chi connectivity index (χ0v) is 31.0. The Morgan fingerprint density at radius 2 is 1.45 bits per heavy atom. The number of nitrogens with zero attached hydrogens (tertiary/aromatic N) is 5. The van der Waals surface area contributed by atoms with Crippen molar-refractivity contribution in [2.24, 2.45) is 0 Å². The number of ether oxygens (including phenoxy) is 5. The Hall–Kier alpha value is -5.61. The van der Waals surface area contributed by atoms with Gasteiger partial charge in [-0.1, -0.05) is 30.3 Å². The van der Waals surface area contributed by atoms with Gasteiger partial charge in [0.25, 0.3) is 5.69 Å². The van der Waals surface area contributed by atoms with Gasteiger partial charge < -0.3 is 33.5 Å². The average Bonchev–Trinajstić information content (AvgIpc) is 3.53. The van der Waals surface area contributed by atoms with E-state index in [-0.39, 0.29) is 57.2 Å². The van der Waals surface area contributed by atoms with Gasteiger partial charge in [0.2, 0.25) is 0 Å². The summed E-state index contributed by atoms with van der Waals surface area (Å²) in [5, 5.41) is 11.2. The first kappa shape index (κ1) is 40.2. The fourth-order valence-corrected chi connectivity index (χ4v) is 5.86. The molecule has 0 radical (unpaired) electrons. The summed E-state index contributed by atoms with van der Waals surface area (Å²) in [6, 6.07) is 10.9. The highest BCUT2D eigenvalue weighted by atomic mass is 16.6. The van der Waals surface area contributed by atoms with Gasteiger partial charge in [0.05, 0.1) is 24.1 Å². The summed E-state index contributed by atoms with van der Waals surface area (Å²) in [5.41, 5.74) is -1.17. The zero-order chi connectivity index (χ0) is 39.1. The molecule has 2 aliphatic heterocycles. The number of hydrogen-bond donors (Lipinski definition) is 0. The van der Waals surface area contributed by atoms with E-state index < -0.39 is 64.6 Å². The van der Waals surface area contributed by atoms with Crippen LogP contribution in [0.1, 0.15) is 53.5 Å².